The highest BCUT2D eigenvalue weighted by Gasteiger charge is 2.07. The quantitative estimate of drug-likeness (QED) is 0.813. The van der Waals surface area contributed by atoms with E-state index >= 15 is 0 Å². The molecular formula is C10H13N5O. The van der Waals surface area contributed by atoms with Gasteiger partial charge in [0, 0.05) is 31.6 Å². The van der Waals surface area contributed by atoms with E-state index in [9.17, 15) is 0 Å². The van der Waals surface area contributed by atoms with E-state index in [1.165, 1.54) is 0 Å². The Morgan fingerprint density at radius 2 is 2.31 bits per heavy atom. The van der Waals surface area contributed by atoms with Crippen molar-refractivity contribution in [1.29, 1.82) is 0 Å². The molecule has 0 radical (unpaired) electrons. The Hall–Kier alpha value is -1.95. The van der Waals surface area contributed by atoms with E-state index in [4.69, 9.17) is 10.5 Å². The molecule has 2 heterocycles. The van der Waals surface area contributed by atoms with Gasteiger partial charge in [-0.3, -0.25) is 4.98 Å². The van der Waals surface area contributed by atoms with Crippen molar-refractivity contribution in [3.8, 4) is 11.4 Å². The molecule has 2 aromatic heterocycles. The zero-order chi connectivity index (χ0) is 11.4. The zero-order valence-corrected chi connectivity index (χ0v) is 9.00. The van der Waals surface area contributed by atoms with Crippen LogP contribution >= 0.6 is 0 Å². The molecule has 0 aliphatic carbocycles. The molecule has 0 saturated heterocycles. The molecule has 6 nitrogen and oxygen atoms in total. The molecule has 2 rings (SSSR count). The number of aromatic nitrogens is 4. The van der Waals surface area contributed by atoms with E-state index < -0.39 is 0 Å². The Bertz CT molecular complexity index is 468. The SMILES string of the molecule is COCCn1cnnc1-c1cncc(N)c1. The summed E-state index contributed by atoms with van der Waals surface area (Å²) in [4.78, 5) is 4.02. The second kappa shape index (κ2) is 4.71. The van der Waals surface area contributed by atoms with Crippen LogP contribution in [-0.4, -0.2) is 33.5 Å². The molecule has 0 aliphatic heterocycles. The summed E-state index contributed by atoms with van der Waals surface area (Å²) >= 11 is 0. The predicted molar refractivity (Wildman–Crippen MR) is 59.5 cm³/mol. The fourth-order valence-electron chi connectivity index (χ4n) is 1.41. The van der Waals surface area contributed by atoms with Gasteiger partial charge in [-0.15, -0.1) is 10.2 Å². The van der Waals surface area contributed by atoms with E-state index in [0.29, 0.717) is 18.8 Å². The van der Waals surface area contributed by atoms with Crippen LogP contribution in [0.3, 0.4) is 0 Å². The van der Waals surface area contributed by atoms with Crippen LogP contribution in [0.25, 0.3) is 11.4 Å². The number of nitrogen functional groups attached to an aromatic ring is 1. The molecule has 0 unspecified atom stereocenters. The van der Waals surface area contributed by atoms with Gasteiger partial charge in [-0.05, 0) is 6.07 Å². The Kier molecular flexibility index (Phi) is 3.11. The van der Waals surface area contributed by atoms with E-state index in [0.717, 1.165) is 11.4 Å². The highest BCUT2D eigenvalue weighted by atomic mass is 16.5. The van der Waals surface area contributed by atoms with Crippen molar-refractivity contribution in [3.05, 3.63) is 24.8 Å². The van der Waals surface area contributed by atoms with Crippen LogP contribution in [0.5, 0.6) is 0 Å². The number of nitrogens with zero attached hydrogens (tertiary/aromatic N) is 4. The summed E-state index contributed by atoms with van der Waals surface area (Å²) in [5.74, 6) is 0.747. The van der Waals surface area contributed by atoms with Crippen molar-refractivity contribution < 1.29 is 4.74 Å². The molecule has 2 aromatic rings. The third-order valence-electron chi connectivity index (χ3n) is 2.17. The molecule has 0 aromatic carbocycles. The van der Waals surface area contributed by atoms with Gasteiger partial charge in [0.15, 0.2) is 5.82 Å². The summed E-state index contributed by atoms with van der Waals surface area (Å²) in [5, 5.41) is 7.91. The van der Waals surface area contributed by atoms with Crippen molar-refractivity contribution in [2.45, 2.75) is 6.54 Å². The molecule has 0 fully saturated rings. The van der Waals surface area contributed by atoms with Gasteiger partial charge in [0.25, 0.3) is 0 Å². The minimum atomic E-state index is 0.610. The number of methoxy groups -OCH3 is 1. The van der Waals surface area contributed by atoms with Crippen molar-refractivity contribution in [1.82, 2.24) is 19.7 Å². The van der Waals surface area contributed by atoms with Gasteiger partial charge >= 0.3 is 0 Å². The number of nitrogens with two attached hydrogens (primary N) is 1. The van der Waals surface area contributed by atoms with E-state index in [1.54, 1.807) is 25.8 Å². The van der Waals surface area contributed by atoms with Crippen molar-refractivity contribution in [3.63, 3.8) is 0 Å². The summed E-state index contributed by atoms with van der Waals surface area (Å²) < 4.78 is 6.92. The minimum absolute atomic E-state index is 0.610. The lowest BCUT2D eigenvalue weighted by molar-refractivity contribution is 0.187. The lowest BCUT2D eigenvalue weighted by Crippen LogP contribution is -2.05. The first-order valence-corrected chi connectivity index (χ1v) is 4.89. The number of anilines is 1. The molecule has 2 N–H and O–H groups in total. The second-order valence-electron chi connectivity index (χ2n) is 3.35. The van der Waals surface area contributed by atoms with Crippen LogP contribution in [0, 0.1) is 0 Å². The highest BCUT2D eigenvalue weighted by Crippen LogP contribution is 2.17. The number of hydrogen-bond donors (Lipinski definition) is 1. The lowest BCUT2D eigenvalue weighted by atomic mass is 10.2. The van der Waals surface area contributed by atoms with Gasteiger partial charge in [-0.25, -0.2) is 0 Å². The minimum Gasteiger partial charge on any atom is -0.397 e. The maximum atomic E-state index is 5.67. The van der Waals surface area contributed by atoms with Gasteiger partial charge < -0.3 is 15.0 Å². The average Bonchev–Trinajstić information content (AvgIpc) is 2.74. The van der Waals surface area contributed by atoms with Gasteiger partial charge in [0.05, 0.1) is 12.3 Å². The Morgan fingerprint density at radius 1 is 1.44 bits per heavy atom. The number of ether oxygens (including phenoxy) is 1. The van der Waals surface area contributed by atoms with Gasteiger partial charge in [0.2, 0.25) is 0 Å². The maximum absolute atomic E-state index is 5.67. The van der Waals surface area contributed by atoms with Gasteiger partial charge in [0.1, 0.15) is 6.33 Å². The third kappa shape index (κ3) is 2.17. The van der Waals surface area contributed by atoms with Crippen molar-refractivity contribution in [2.24, 2.45) is 0 Å². The third-order valence-corrected chi connectivity index (χ3v) is 2.17. The molecule has 16 heavy (non-hydrogen) atoms. The molecule has 0 atom stereocenters. The molecule has 0 bridgehead atoms. The Balaban J connectivity index is 2.29. The largest absolute Gasteiger partial charge is 0.397 e. The lowest BCUT2D eigenvalue weighted by Gasteiger charge is -2.05. The monoisotopic (exact) mass is 219 g/mol. The molecular weight excluding hydrogens is 206 g/mol. The molecule has 0 spiro atoms. The summed E-state index contributed by atoms with van der Waals surface area (Å²) in [7, 11) is 1.66. The van der Waals surface area contributed by atoms with Gasteiger partial charge in [-0.1, -0.05) is 0 Å². The molecule has 0 saturated carbocycles. The van der Waals surface area contributed by atoms with Crippen molar-refractivity contribution in [2.75, 3.05) is 19.5 Å². The number of rotatable bonds is 4. The summed E-state index contributed by atoms with van der Waals surface area (Å²) in [6.45, 7) is 1.31. The van der Waals surface area contributed by atoms with Crippen LogP contribution in [0.1, 0.15) is 0 Å². The first-order chi connectivity index (χ1) is 7.81. The maximum Gasteiger partial charge on any atom is 0.165 e. The molecule has 6 heteroatoms. The van der Waals surface area contributed by atoms with E-state index in [1.807, 2.05) is 10.6 Å². The summed E-state index contributed by atoms with van der Waals surface area (Å²) in [5.41, 5.74) is 7.14. The molecule has 84 valence electrons. The average molecular weight is 219 g/mol. The summed E-state index contributed by atoms with van der Waals surface area (Å²) in [6, 6.07) is 1.82. The fraction of sp³-hybridized carbons (Fsp3) is 0.300. The van der Waals surface area contributed by atoms with Crippen LogP contribution in [0.4, 0.5) is 5.69 Å². The number of pyridine rings is 1. The smallest absolute Gasteiger partial charge is 0.165 e. The predicted octanol–water partition coefficient (Wildman–Crippen LogP) is 0.569. The Labute approximate surface area is 93.1 Å². The fourth-order valence-corrected chi connectivity index (χ4v) is 1.41. The normalized spacial score (nSPS) is 10.6. The first-order valence-electron chi connectivity index (χ1n) is 4.89. The topological polar surface area (TPSA) is 78.8 Å². The van der Waals surface area contributed by atoms with Gasteiger partial charge in [-0.2, -0.15) is 0 Å². The van der Waals surface area contributed by atoms with E-state index in [2.05, 4.69) is 15.2 Å². The first kappa shape index (κ1) is 10.6. The zero-order valence-electron chi connectivity index (χ0n) is 9.00. The highest BCUT2D eigenvalue weighted by molar-refractivity contribution is 5.58. The summed E-state index contributed by atoms with van der Waals surface area (Å²) in [6.07, 6.45) is 4.97. The van der Waals surface area contributed by atoms with Crippen LogP contribution in [0.15, 0.2) is 24.8 Å². The molecule has 0 aliphatic rings. The van der Waals surface area contributed by atoms with Crippen LogP contribution in [-0.2, 0) is 11.3 Å². The van der Waals surface area contributed by atoms with Crippen molar-refractivity contribution >= 4 is 5.69 Å². The Morgan fingerprint density at radius 3 is 3.06 bits per heavy atom. The molecule has 0 amide bonds. The number of hydrogen-bond acceptors (Lipinski definition) is 5. The van der Waals surface area contributed by atoms with E-state index in [-0.39, 0.29) is 0 Å². The second-order valence-corrected chi connectivity index (χ2v) is 3.35. The van der Waals surface area contributed by atoms with Crippen LogP contribution in [0.2, 0.25) is 0 Å². The standard InChI is InChI=1S/C10H13N5O/c1-16-3-2-15-7-13-14-10(15)8-4-9(11)6-12-5-8/h4-7H,2-3,11H2,1H3. The van der Waals surface area contributed by atoms with Crippen LogP contribution < -0.4 is 5.73 Å².